The number of hydrogen-bond donors (Lipinski definition) is 0. The van der Waals surface area contributed by atoms with Crippen molar-refractivity contribution in [2.75, 3.05) is 0 Å². The molecule has 0 aliphatic heterocycles. The SMILES string of the molecule is O.[OH-].[OH-].[O]=[Zr+2]. The molecule has 0 fully saturated rings. The molecule has 0 saturated heterocycles. The topological polar surface area (TPSA) is 109 Å². The van der Waals surface area contributed by atoms with Crippen molar-refractivity contribution in [1.82, 2.24) is 0 Å². The van der Waals surface area contributed by atoms with Gasteiger partial charge in [0.15, 0.2) is 0 Å². The van der Waals surface area contributed by atoms with E-state index >= 15 is 0 Å². The van der Waals surface area contributed by atoms with Gasteiger partial charge in [0.05, 0.1) is 0 Å². The van der Waals surface area contributed by atoms with Gasteiger partial charge >= 0.3 is 27.5 Å². The zero-order valence-corrected chi connectivity index (χ0v) is 4.76. The van der Waals surface area contributed by atoms with E-state index in [9.17, 15) is 0 Å². The second-order valence-corrected chi connectivity index (χ2v) is 0. The van der Waals surface area contributed by atoms with Crippen LogP contribution in [0.5, 0.6) is 0 Å². The summed E-state index contributed by atoms with van der Waals surface area (Å²) in [6.07, 6.45) is 0. The molecule has 0 bridgehead atoms. The van der Waals surface area contributed by atoms with Crippen molar-refractivity contribution in [3.63, 3.8) is 0 Å². The van der Waals surface area contributed by atoms with Crippen molar-refractivity contribution < 1.29 is 44.0 Å². The number of rotatable bonds is 0. The van der Waals surface area contributed by atoms with Gasteiger partial charge < -0.3 is 16.4 Å². The van der Waals surface area contributed by atoms with Gasteiger partial charge in [0.1, 0.15) is 0 Å². The molecule has 0 unspecified atom stereocenters. The van der Waals surface area contributed by atoms with Crippen LogP contribution in [0.25, 0.3) is 0 Å². The normalized spacial score (nSPS) is 1.20. The molecule has 0 spiro atoms. The number of hydrogen-bond acceptors (Lipinski definition) is 3. The second-order valence-electron chi connectivity index (χ2n) is 0. The summed E-state index contributed by atoms with van der Waals surface area (Å²) in [6, 6.07) is 0. The quantitative estimate of drug-likeness (QED) is 0.438. The van der Waals surface area contributed by atoms with E-state index in [0.717, 1.165) is 0 Å². The van der Waals surface area contributed by atoms with Gasteiger partial charge in [0, 0.05) is 0 Å². The molecule has 5 heteroatoms. The van der Waals surface area contributed by atoms with Crippen LogP contribution in [0.1, 0.15) is 0 Å². The molecular formula is H4O4Zr. The minimum absolute atomic E-state index is 0. The van der Waals surface area contributed by atoms with Crippen molar-refractivity contribution in [1.29, 1.82) is 0 Å². The van der Waals surface area contributed by atoms with Crippen LogP contribution in [0, 0.1) is 0 Å². The molecule has 0 aromatic heterocycles. The molecule has 0 heterocycles. The van der Waals surface area contributed by atoms with Crippen LogP contribution in [-0.2, 0) is 27.5 Å². The van der Waals surface area contributed by atoms with Gasteiger partial charge in [-0.2, -0.15) is 0 Å². The molecule has 0 atom stereocenters. The summed E-state index contributed by atoms with van der Waals surface area (Å²) in [6.45, 7) is 0. The molecule has 5 heavy (non-hydrogen) atoms. The van der Waals surface area contributed by atoms with E-state index in [0.29, 0.717) is 24.7 Å². The van der Waals surface area contributed by atoms with Crippen molar-refractivity contribution >= 4 is 0 Å². The zero-order valence-electron chi connectivity index (χ0n) is 2.30. The summed E-state index contributed by atoms with van der Waals surface area (Å²) < 4.78 is 8.34. The van der Waals surface area contributed by atoms with Crippen LogP contribution in [0.2, 0.25) is 0 Å². The maximum atomic E-state index is 8.34. The van der Waals surface area contributed by atoms with E-state index in [1.807, 2.05) is 0 Å². The molecule has 0 aromatic carbocycles. The molecular weight excluding hydrogens is 155 g/mol. The predicted molar refractivity (Wildman–Crippen MR) is 8.17 cm³/mol. The Labute approximate surface area is 44.4 Å². The van der Waals surface area contributed by atoms with E-state index in [1.165, 1.54) is 0 Å². The van der Waals surface area contributed by atoms with Gasteiger partial charge in [0.2, 0.25) is 0 Å². The fourth-order valence-corrected chi connectivity index (χ4v) is 0. The van der Waals surface area contributed by atoms with Crippen LogP contribution < -0.4 is 0 Å². The molecule has 32 valence electrons. The van der Waals surface area contributed by atoms with Gasteiger partial charge in [-0.3, -0.25) is 0 Å². The fraction of sp³-hybridized carbons (Fsp3) is 0. The van der Waals surface area contributed by atoms with Gasteiger partial charge in [0.25, 0.3) is 0 Å². The summed E-state index contributed by atoms with van der Waals surface area (Å²) in [7, 11) is 0. The molecule has 0 aromatic rings. The summed E-state index contributed by atoms with van der Waals surface area (Å²) in [5, 5.41) is 0. The van der Waals surface area contributed by atoms with Crippen LogP contribution in [0.15, 0.2) is 0 Å². The van der Waals surface area contributed by atoms with E-state index in [-0.39, 0.29) is 16.4 Å². The Kier molecular flexibility index (Phi) is 1730. The monoisotopic (exact) mass is 158 g/mol. The van der Waals surface area contributed by atoms with Gasteiger partial charge in [-0.15, -0.1) is 0 Å². The van der Waals surface area contributed by atoms with E-state index in [2.05, 4.69) is 0 Å². The summed E-state index contributed by atoms with van der Waals surface area (Å²) in [4.78, 5) is 0. The van der Waals surface area contributed by atoms with Crippen LogP contribution in [0.4, 0.5) is 0 Å². The first-order chi connectivity index (χ1) is 1.00. The van der Waals surface area contributed by atoms with E-state index in [4.69, 9.17) is 2.81 Å². The van der Waals surface area contributed by atoms with Crippen LogP contribution in [0.3, 0.4) is 0 Å². The molecule has 4 N–H and O–H groups in total. The molecule has 4 nitrogen and oxygen atoms in total. The average molecular weight is 159 g/mol. The first kappa shape index (κ1) is 47.4. The Bertz CT molecular complexity index is 3.61. The third kappa shape index (κ3) is 94.5. The molecule has 0 rings (SSSR count). The molecule has 0 radical (unpaired) electrons. The Morgan fingerprint density at radius 2 is 1.00 bits per heavy atom. The Hall–Kier alpha value is 0.563. The van der Waals surface area contributed by atoms with Gasteiger partial charge in [-0.1, -0.05) is 0 Å². The first-order valence-electron chi connectivity index (χ1n) is 0.204. The summed E-state index contributed by atoms with van der Waals surface area (Å²) in [5.41, 5.74) is 0. The maximum absolute atomic E-state index is 8.34. The summed E-state index contributed by atoms with van der Waals surface area (Å²) >= 11 is 0.300. The Morgan fingerprint density at radius 3 is 1.00 bits per heavy atom. The molecule has 0 saturated carbocycles. The van der Waals surface area contributed by atoms with Gasteiger partial charge in [-0.05, 0) is 0 Å². The third-order valence-electron chi connectivity index (χ3n) is 0. The first-order valence-corrected chi connectivity index (χ1v) is 1.21. The Balaban J connectivity index is -0.00000000167. The standard InChI is InChI=1S/3H2O.O.Zr/h3*1H2;;/q;;;;+2/p-2. The molecule has 0 amide bonds. The van der Waals surface area contributed by atoms with Gasteiger partial charge in [-0.25, -0.2) is 0 Å². The molecule has 0 aliphatic carbocycles. The van der Waals surface area contributed by atoms with E-state index in [1.54, 1.807) is 0 Å². The second kappa shape index (κ2) is 183. The van der Waals surface area contributed by atoms with Crippen molar-refractivity contribution in [2.45, 2.75) is 0 Å². The van der Waals surface area contributed by atoms with Crippen LogP contribution >= 0.6 is 0 Å². The van der Waals surface area contributed by atoms with E-state index < -0.39 is 0 Å². The Morgan fingerprint density at radius 1 is 1.00 bits per heavy atom. The van der Waals surface area contributed by atoms with Crippen molar-refractivity contribution in [3.8, 4) is 0 Å². The third-order valence-corrected chi connectivity index (χ3v) is 0. The average Bonchev–Trinajstić information content (AvgIpc) is 1.00. The molecule has 0 aliphatic rings. The van der Waals surface area contributed by atoms with Crippen molar-refractivity contribution in [3.05, 3.63) is 0 Å². The van der Waals surface area contributed by atoms with Crippen molar-refractivity contribution in [2.24, 2.45) is 0 Å². The van der Waals surface area contributed by atoms with Crippen LogP contribution in [-0.4, -0.2) is 16.4 Å². The minimum atomic E-state index is 0. The predicted octanol–water partition coefficient (Wildman–Crippen LogP) is -1.30. The fourth-order valence-electron chi connectivity index (χ4n) is 0. The summed E-state index contributed by atoms with van der Waals surface area (Å²) in [5.74, 6) is 0. The zero-order chi connectivity index (χ0) is 2.00.